The van der Waals surface area contributed by atoms with E-state index < -0.39 is 28.8 Å². The molecule has 1 N–H and O–H groups in total. The Kier molecular flexibility index (Phi) is 4.28. The van der Waals surface area contributed by atoms with Crippen molar-refractivity contribution in [1.29, 1.82) is 0 Å². The van der Waals surface area contributed by atoms with Gasteiger partial charge in [0.2, 0.25) is 5.89 Å². The van der Waals surface area contributed by atoms with Gasteiger partial charge in [-0.25, -0.2) is 14.4 Å². The maximum absolute atomic E-state index is 13.8. The summed E-state index contributed by atoms with van der Waals surface area (Å²) in [4.78, 5) is 21.9. The predicted molar refractivity (Wildman–Crippen MR) is 103 cm³/mol. The van der Waals surface area contributed by atoms with Crippen LogP contribution in [0.15, 0.2) is 33.5 Å². The number of aromatic nitrogens is 4. The number of H-pyrrole nitrogens is 1. The van der Waals surface area contributed by atoms with Gasteiger partial charge in [0.05, 0.1) is 17.0 Å². The van der Waals surface area contributed by atoms with Gasteiger partial charge in [-0.2, -0.15) is 17.7 Å². The van der Waals surface area contributed by atoms with Gasteiger partial charge in [0.15, 0.2) is 5.65 Å². The van der Waals surface area contributed by atoms with E-state index in [2.05, 4.69) is 15.1 Å². The molecule has 31 heavy (non-hydrogen) atoms. The zero-order valence-corrected chi connectivity index (χ0v) is 16.3. The summed E-state index contributed by atoms with van der Waals surface area (Å²) < 4.78 is 61.6. The zero-order chi connectivity index (χ0) is 21.9. The van der Waals surface area contributed by atoms with Gasteiger partial charge >= 0.3 is 6.18 Å². The van der Waals surface area contributed by atoms with Crippen LogP contribution in [0.3, 0.4) is 0 Å². The van der Waals surface area contributed by atoms with Crippen molar-refractivity contribution in [3.8, 4) is 22.6 Å². The fourth-order valence-corrected chi connectivity index (χ4v) is 4.01. The van der Waals surface area contributed by atoms with Crippen LogP contribution in [0.2, 0.25) is 0 Å². The third-order valence-electron chi connectivity index (χ3n) is 5.42. The van der Waals surface area contributed by atoms with E-state index in [0.717, 1.165) is 37.1 Å². The molecule has 0 spiro atoms. The highest BCUT2D eigenvalue weighted by Gasteiger charge is 2.38. The van der Waals surface area contributed by atoms with Crippen molar-refractivity contribution in [2.45, 2.75) is 38.8 Å². The van der Waals surface area contributed by atoms with Crippen molar-refractivity contribution in [2.75, 3.05) is 0 Å². The number of alkyl halides is 3. The predicted octanol–water partition coefficient (Wildman–Crippen LogP) is 4.69. The second-order valence-electron chi connectivity index (χ2n) is 7.50. The number of benzene rings is 1. The van der Waals surface area contributed by atoms with Crippen LogP contribution in [0.5, 0.6) is 0 Å². The van der Waals surface area contributed by atoms with Crippen LogP contribution in [0.4, 0.5) is 17.6 Å². The van der Waals surface area contributed by atoms with E-state index in [1.54, 1.807) is 0 Å². The maximum atomic E-state index is 13.8. The average Bonchev–Trinajstić information content (AvgIpc) is 3.29. The number of halogens is 4. The Morgan fingerprint density at radius 1 is 1.13 bits per heavy atom. The molecule has 0 bridgehead atoms. The van der Waals surface area contributed by atoms with Crippen LogP contribution >= 0.6 is 0 Å². The van der Waals surface area contributed by atoms with Crippen molar-refractivity contribution in [1.82, 2.24) is 19.6 Å². The molecule has 0 amide bonds. The third kappa shape index (κ3) is 3.13. The first-order chi connectivity index (χ1) is 14.7. The number of hydrogen-bond donors (Lipinski definition) is 1. The largest absolute Gasteiger partial charge is 0.441 e. The molecule has 0 fully saturated rings. The average molecular weight is 432 g/mol. The maximum Gasteiger partial charge on any atom is 0.433 e. The van der Waals surface area contributed by atoms with E-state index >= 15 is 0 Å². The molecule has 3 aromatic heterocycles. The van der Waals surface area contributed by atoms with Gasteiger partial charge in [0.25, 0.3) is 5.56 Å². The fourth-order valence-electron chi connectivity index (χ4n) is 4.01. The van der Waals surface area contributed by atoms with Gasteiger partial charge in [-0.05, 0) is 43.9 Å². The van der Waals surface area contributed by atoms with E-state index in [1.165, 1.54) is 19.1 Å². The first-order valence-corrected chi connectivity index (χ1v) is 9.71. The fraction of sp³-hybridized carbons (Fsp3) is 0.286. The summed E-state index contributed by atoms with van der Waals surface area (Å²) in [6.45, 7) is 1.51. The lowest BCUT2D eigenvalue weighted by molar-refractivity contribution is -0.140. The van der Waals surface area contributed by atoms with Gasteiger partial charge in [0.1, 0.15) is 22.8 Å². The quantitative estimate of drug-likeness (QED) is 0.467. The summed E-state index contributed by atoms with van der Waals surface area (Å²) in [7, 11) is 0. The van der Waals surface area contributed by atoms with Crippen LogP contribution in [0, 0.1) is 12.7 Å². The van der Waals surface area contributed by atoms with Crippen molar-refractivity contribution in [2.24, 2.45) is 0 Å². The van der Waals surface area contributed by atoms with Crippen molar-refractivity contribution in [3.05, 3.63) is 63.3 Å². The molecule has 0 saturated heterocycles. The number of fused-ring (bicyclic) bond motifs is 2. The van der Waals surface area contributed by atoms with Gasteiger partial charge in [0, 0.05) is 6.42 Å². The highest BCUT2D eigenvalue weighted by atomic mass is 19.4. The highest BCUT2D eigenvalue weighted by molar-refractivity contribution is 5.81. The van der Waals surface area contributed by atoms with Crippen molar-refractivity contribution in [3.63, 3.8) is 0 Å². The summed E-state index contributed by atoms with van der Waals surface area (Å²) >= 11 is 0. The van der Waals surface area contributed by atoms with Crippen LogP contribution in [-0.4, -0.2) is 19.6 Å². The normalized spacial score (nSPS) is 14.2. The first-order valence-electron chi connectivity index (χ1n) is 9.71. The summed E-state index contributed by atoms with van der Waals surface area (Å²) in [5.41, 5.74) is -1.72. The number of hydrogen-bond acceptors (Lipinski definition) is 4. The standard InChI is InChI=1S/C21H16F4N4O2/c1-10-15(19-27-13-7-2-3-8-14(13)31-19)20(30)29-18(26-10)16(17(28-29)21(23,24)25)11-5-4-6-12(22)9-11/h4-6,9,28H,2-3,7-8H2,1H3. The summed E-state index contributed by atoms with van der Waals surface area (Å²) in [6.07, 6.45) is -1.50. The first kappa shape index (κ1) is 19.5. The smallest absolute Gasteiger partial charge is 0.433 e. The van der Waals surface area contributed by atoms with Crippen LogP contribution in [0.1, 0.15) is 35.7 Å². The van der Waals surface area contributed by atoms with E-state index in [4.69, 9.17) is 4.42 Å². The Morgan fingerprint density at radius 2 is 1.90 bits per heavy atom. The lowest BCUT2D eigenvalue weighted by Gasteiger charge is -2.07. The molecule has 1 aromatic carbocycles. The molecule has 1 aliphatic carbocycles. The number of aromatic amines is 1. The second kappa shape index (κ2) is 6.79. The minimum absolute atomic E-state index is 0.00679. The van der Waals surface area contributed by atoms with Gasteiger partial charge in [-0.15, -0.1) is 0 Å². The topological polar surface area (TPSA) is 76.2 Å². The molecule has 0 saturated carbocycles. The number of nitrogens with one attached hydrogen (secondary N) is 1. The molecule has 160 valence electrons. The number of aryl methyl sites for hydroxylation is 3. The van der Waals surface area contributed by atoms with E-state index in [1.807, 2.05) is 0 Å². The summed E-state index contributed by atoms with van der Waals surface area (Å²) in [5, 5.41) is 2.11. The Hall–Kier alpha value is -3.43. The third-order valence-corrected chi connectivity index (χ3v) is 5.42. The molecular formula is C21H16F4N4O2. The number of nitrogens with zero attached hydrogens (tertiary/aromatic N) is 3. The lowest BCUT2D eigenvalue weighted by Crippen LogP contribution is -2.20. The lowest BCUT2D eigenvalue weighted by atomic mass is 10.0. The van der Waals surface area contributed by atoms with E-state index in [-0.39, 0.29) is 28.4 Å². The molecule has 0 radical (unpaired) electrons. The molecule has 3 heterocycles. The molecule has 0 unspecified atom stereocenters. The molecule has 5 rings (SSSR count). The molecule has 0 atom stereocenters. The Labute approximate surface area is 172 Å². The molecule has 10 heteroatoms. The number of oxazole rings is 1. The number of rotatable bonds is 2. The molecule has 4 aromatic rings. The Balaban J connectivity index is 1.80. The molecule has 1 aliphatic rings. The minimum Gasteiger partial charge on any atom is -0.441 e. The van der Waals surface area contributed by atoms with Crippen LogP contribution in [0.25, 0.3) is 28.2 Å². The second-order valence-corrected chi connectivity index (χ2v) is 7.50. The van der Waals surface area contributed by atoms with Gasteiger partial charge in [-0.3, -0.25) is 9.89 Å². The van der Waals surface area contributed by atoms with Crippen molar-refractivity contribution < 1.29 is 22.0 Å². The van der Waals surface area contributed by atoms with Crippen LogP contribution in [-0.2, 0) is 19.0 Å². The molecule has 6 nitrogen and oxygen atoms in total. The minimum atomic E-state index is -4.82. The SMILES string of the molecule is Cc1nc2c(-c3cccc(F)c3)c(C(F)(F)F)[nH]n2c(=O)c1-c1nc2c(o1)CCCC2. The zero-order valence-electron chi connectivity index (χ0n) is 16.3. The Bertz CT molecular complexity index is 1360. The summed E-state index contributed by atoms with van der Waals surface area (Å²) in [5.74, 6) is 0.0332. The van der Waals surface area contributed by atoms with E-state index in [0.29, 0.717) is 16.7 Å². The summed E-state index contributed by atoms with van der Waals surface area (Å²) in [6, 6.07) is 4.72. The highest BCUT2D eigenvalue weighted by Crippen LogP contribution is 2.38. The Morgan fingerprint density at radius 3 is 2.61 bits per heavy atom. The monoisotopic (exact) mass is 432 g/mol. The van der Waals surface area contributed by atoms with Crippen LogP contribution < -0.4 is 5.56 Å². The van der Waals surface area contributed by atoms with Crippen molar-refractivity contribution >= 4 is 5.65 Å². The molecular weight excluding hydrogens is 416 g/mol. The molecule has 0 aliphatic heterocycles. The van der Waals surface area contributed by atoms with E-state index in [9.17, 15) is 22.4 Å². The van der Waals surface area contributed by atoms with Gasteiger partial charge in [-0.1, -0.05) is 12.1 Å². The van der Waals surface area contributed by atoms with Gasteiger partial charge < -0.3 is 4.42 Å².